The molecule has 2 amide bonds. The van der Waals surface area contributed by atoms with Gasteiger partial charge in [-0.05, 0) is 18.6 Å². The van der Waals surface area contributed by atoms with Crippen LogP contribution in [0.25, 0.3) is 0 Å². The molecular weight excluding hydrogens is 258 g/mol. The van der Waals surface area contributed by atoms with E-state index in [0.717, 1.165) is 6.42 Å². The number of hydrogen-bond donors (Lipinski definition) is 2. The van der Waals surface area contributed by atoms with Crippen molar-refractivity contribution in [1.82, 2.24) is 14.8 Å². The first kappa shape index (κ1) is 14.3. The van der Waals surface area contributed by atoms with Crippen LogP contribution in [-0.2, 0) is 16.1 Å². The summed E-state index contributed by atoms with van der Waals surface area (Å²) in [6.07, 6.45) is 0.852. The Bertz CT molecular complexity index is 505. The van der Waals surface area contributed by atoms with Gasteiger partial charge in [-0.3, -0.25) is 9.59 Å². The van der Waals surface area contributed by atoms with Crippen LogP contribution in [0.15, 0.2) is 18.2 Å². The number of aromatic nitrogens is 1. The number of nitrogens with zero attached hydrogens (tertiary/aromatic N) is 3. The zero-order valence-corrected chi connectivity index (χ0v) is 11.5. The molecule has 1 aromatic rings. The first-order valence-corrected chi connectivity index (χ1v) is 6.62. The molecule has 2 heterocycles. The van der Waals surface area contributed by atoms with Gasteiger partial charge in [0.15, 0.2) is 0 Å². The summed E-state index contributed by atoms with van der Waals surface area (Å²) >= 11 is 0. The first-order valence-electron chi connectivity index (χ1n) is 6.62. The Morgan fingerprint density at radius 2 is 1.95 bits per heavy atom. The summed E-state index contributed by atoms with van der Waals surface area (Å²) in [5, 5.41) is 0. The van der Waals surface area contributed by atoms with Crippen LogP contribution in [0.5, 0.6) is 0 Å². The second-order valence-corrected chi connectivity index (χ2v) is 4.72. The van der Waals surface area contributed by atoms with Crippen LogP contribution in [0.3, 0.4) is 0 Å². The lowest BCUT2D eigenvalue weighted by molar-refractivity contribution is -0.150. The molecule has 1 aromatic heterocycles. The Morgan fingerprint density at radius 1 is 1.25 bits per heavy atom. The zero-order chi connectivity index (χ0) is 14.5. The van der Waals surface area contributed by atoms with Crippen LogP contribution < -0.4 is 11.3 Å². The fourth-order valence-corrected chi connectivity index (χ4v) is 2.16. The molecule has 0 saturated carbocycles. The van der Waals surface area contributed by atoms with Gasteiger partial charge in [-0.2, -0.15) is 0 Å². The SMILES string of the molecule is CCCN1CC(=O)N(Cc2cccc(NN)n2)CC1=O. The van der Waals surface area contributed by atoms with Crippen molar-refractivity contribution >= 4 is 17.6 Å². The average molecular weight is 277 g/mol. The fraction of sp³-hybridized carbons (Fsp3) is 0.462. The summed E-state index contributed by atoms with van der Waals surface area (Å²) in [6, 6.07) is 5.34. The lowest BCUT2D eigenvalue weighted by Crippen LogP contribution is -2.53. The van der Waals surface area contributed by atoms with E-state index in [1.165, 1.54) is 4.90 Å². The van der Waals surface area contributed by atoms with Gasteiger partial charge < -0.3 is 15.2 Å². The summed E-state index contributed by atoms with van der Waals surface area (Å²) in [6.45, 7) is 3.20. The lowest BCUT2D eigenvalue weighted by Gasteiger charge is -2.33. The largest absolute Gasteiger partial charge is 0.332 e. The Labute approximate surface area is 117 Å². The van der Waals surface area contributed by atoms with Crippen molar-refractivity contribution in [3.05, 3.63) is 23.9 Å². The average Bonchev–Trinajstić information content (AvgIpc) is 2.45. The quantitative estimate of drug-likeness (QED) is 0.581. The minimum Gasteiger partial charge on any atom is -0.332 e. The number of anilines is 1. The maximum Gasteiger partial charge on any atom is 0.243 e. The van der Waals surface area contributed by atoms with Gasteiger partial charge >= 0.3 is 0 Å². The van der Waals surface area contributed by atoms with E-state index in [4.69, 9.17) is 5.84 Å². The van der Waals surface area contributed by atoms with E-state index in [9.17, 15) is 9.59 Å². The number of nitrogen functional groups attached to an aromatic ring is 1. The molecule has 0 unspecified atom stereocenters. The number of pyridine rings is 1. The van der Waals surface area contributed by atoms with Crippen LogP contribution in [-0.4, -0.2) is 46.2 Å². The highest BCUT2D eigenvalue weighted by Crippen LogP contribution is 2.11. The molecule has 1 saturated heterocycles. The number of amides is 2. The molecule has 7 heteroatoms. The highest BCUT2D eigenvalue weighted by atomic mass is 16.2. The third kappa shape index (κ3) is 3.24. The van der Waals surface area contributed by atoms with E-state index in [2.05, 4.69) is 10.4 Å². The molecule has 0 atom stereocenters. The van der Waals surface area contributed by atoms with Gasteiger partial charge in [-0.15, -0.1) is 0 Å². The predicted molar refractivity (Wildman–Crippen MR) is 74.3 cm³/mol. The van der Waals surface area contributed by atoms with Crippen LogP contribution in [0.1, 0.15) is 19.0 Å². The molecule has 0 aliphatic carbocycles. The monoisotopic (exact) mass is 277 g/mol. The van der Waals surface area contributed by atoms with Crippen LogP contribution in [0.2, 0.25) is 0 Å². The third-order valence-electron chi connectivity index (χ3n) is 3.16. The van der Waals surface area contributed by atoms with Gasteiger partial charge in [0.05, 0.1) is 18.8 Å². The molecular formula is C13H19N5O2. The maximum atomic E-state index is 12.0. The van der Waals surface area contributed by atoms with Gasteiger partial charge in [-0.1, -0.05) is 13.0 Å². The second kappa shape index (κ2) is 6.33. The van der Waals surface area contributed by atoms with Gasteiger partial charge in [0.2, 0.25) is 11.8 Å². The van der Waals surface area contributed by atoms with Crippen LogP contribution >= 0.6 is 0 Å². The Balaban J connectivity index is 2.03. The molecule has 20 heavy (non-hydrogen) atoms. The second-order valence-electron chi connectivity index (χ2n) is 4.72. The Hall–Kier alpha value is -2.15. The van der Waals surface area contributed by atoms with Crippen molar-refractivity contribution in [2.24, 2.45) is 5.84 Å². The molecule has 108 valence electrons. The van der Waals surface area contributed by atoms with E-state index in [1.807, 2.05) is 6.92 Å². The standard InChI is InChI=1S/C13H19N5O2/c1-2-6-17-8-13(20)18(9-12(17)19)7-10-4-3-5-11(15-10)16-14/h3-5H,2,6-9,14H2,1H3,(H,15,16). The van der Waals surface area contributed by atoms with E-state index < -0.39 is 0 Å². The van der Waals surface area contributed by atoms with Crippen molar-refractivity contribution in [2.75, 3.05) is 25.1 Å². The zero-order valence-electron chi connectivity index (χ0n) is 11.5. The molecule has 1 aliphatic heterocycles. The fourth-order valence-electron chi connectivity index (χ4n) is 2.16. The number of nitrogens with one attached hydrogen (secondary N) is 1. The summed E-state index contributed by atoms with van der Waals surface area (Å²) < 4.78 is 0. The molecule has 0 bridgehead atoms. The molecule has 0 aromatic carbocycles. The number of hydrogen-bond acceptors (Lipinski definition) is 5. The van der Waals surface area contributed by atoms with Crippen molar-refractivity contribution in [3.63, 3.8) is 0 Å². The summed E-state index contributed by atoms with van der Waals surface area (Å²) in [4.78, 5) is 31.4. The third-order valence-corrected chi connectivity index (χ3v) is 3.16. The van der Waals surface area contributed by atoms with Crippen LogP contribution in [0.4, 0.5) is 5.82 Å². The summed E-state index contributed by atoms with van der Waals surface area (Å²) in [5.74, 6) is 5.77. The van der Waals surface area contributed by atoms with E-state index in [-0.39, 0.29) is 24.9 Å². The Morgan fingerprint density at radius 3 is 2.65 bits per heavy atom. The van der Waals surface area contributed by atoms with Crippen molar-refractivity contribution < 1.29 is 9.59 Å². The van der Waals surface area contributed by atoms with Gasteiger partial charge in [0, 0.05) is 6.54 Å². The lowest BCUT2D eigenvalue weighted by atomic mass is 10.2. The van der Waals surface area contributed by atoms with E-state index in [0.29, 0.717) is 24.6 Å². The number of carbonyl (C=O) groups is 2. The number of piperazine rings is 1. The minimum atomic E-state index is -0.0500. The highest BCUT2D eigenvalue weighted by Gasteiger charge is 2.29. The van der Waals surface area contributed by atoms with E-state index in [1.54, 1.807) is 23.1 Å². The molecule has 1 aliphatic rings. The first-order chi connectivity index (χ1) is 9.63. The smallest absolute Gasteiger partial charge is 0.243 e. The molecule has 7 nitrogen and oxygen atoms in total. The number of carbonyl (C=O) groups excluding carboxylic acids is 2. The topological polar surface area (TPSA) is 91.6 Å². The summed E-state index contributed by atoms with van der Waals surface area (Å²) in [5.41, 5.74) is 3.16. The van der Waals surface area contributed by atoms with Gasteiger partial charge in [0.25, 0.3) is 0 Å². The number of hydrazine groups is 1. The molecule has 1 fully saturated rings. The van der Waals surface area contributed by atoms with Gasteiger partial charge in [-0.25, -0.2) is 10.8 Å². The van der Waals surface area contributed by atoms with Crippen molar-refractivity contribution in [3.8, 4) is 0 Å². The molecule has 0 radical (unpaired) electrons. The van der Waals surface area contributed by atoms with Crippen molar-refractivity contribution in [2.45, 2.75) is 19.9 Å². The Kier molecular flexibility index (Phi) is 4.52. The molecule has 2 rings (SSSR count). The molecule has 3 N–H and O–H groups in total. The van der Waals surface area contributed by atoms with E-state index >= 15 is 0 Å². The predicted octanol–water partition coefficient (Wildman–Crippen LogP) is -0.0520. The summed E-state index contributed by atoms with van der Waals surface area (Å²) in [7, 11) is 0. The minimum absolute atomic E-state index is 0.0143. The van der Waals surface area contributed by atoms with Crippen LogP contribution in [0, 0.1) is 0 Å². The highest BCUT2D eigenvalue weighted by molar-refractivity contribution is 5.92. The maximum absolute atomic E-state index is 12.0. The number of nitrogens with two attached hydrogens (primary N) is 1. The van der Waals surface area contributed by atoms with Crippen molar-refractivity contribution in [1.29, 1.82) is 0 Å². The molecule has 0 spiro atoms. The normalized spacial score (nSPS) is 15.7. The number of rotatable bonds is 5. The van der Waals surface area contributed by atoms with Gasteiger partial charge in [0.1, 0.15) is 12.4 Å².